The highest BCUT2D eigenvalue weighted by Crippen LogP contribution is 2.21. The zero-order valence-corrected chi connectivity index (χ0v) is 17.7. The third-order valence-corrected chi connectivity index (χ3v) is 4.86. The number of nitrogens with one attached hydrogen (secondary N) is 1. The summed E-state index contributed by atoms with van der Waals surface area (Å²) in [7, 11) is 1.56. The van der Waals surface area contributed by atoms with Gasteiger partial charge in [0.2, 0.25) is 0 Å². The van der Waals surface area contributed by atoms with Crippen molar-refractivity contribution in [2.45, 2.75) is 6.61 Å². The fourth-order valence-electron chi connectivity index (χ4n) is 2.47. The Balaban J connectivity index is 1.54. The molecule has 0 bridgehead atoms. The Labute approximate surface area is 181 Å². The Morgan fingerprint density at radius 2 is 1.93 bits per heavy atom. The molecule has 7 heteroatoms. The van der Waals surface area contributed by atoms with E-state index in [4.69, 9.17) is 9.47 Å². The molecule has 3 aromatic carbocycles. The summed E-state index contributed by atoms with van der Waals surface area (Å²) in [6.07, 6.45) is 1.54. The predicted octanol–water partition coefficient (Wildman–Crippen LogP) is 4.78. The SMILES string of the molecule is COc1cc(C(=O)N/N=C\c2ccc(OCc3cccc(F)c3)cc2)ccc1I. The molecule has 5 nitrogen and oxygen atoms in total. The van der Waals surface area contributed by atoms with Crippen LogP contribution in [0.2, 0.25) is 0 Å². The molecule has 0 aliphatic heterocycles. The number of amides is 1. The van der Waals surface area contributed by atoms with Crippen molar-refractivity contribution >= 4 is 34.7 Å². The summed E-state index contributed by atoms with van der Waals surface area (Å²) in [4.78, 5) is 12.2. The van der Waals surface area contributed by atoms with Crippen LogP contribution in [0.15, 0.2) is 71.8 Å². The van der Waals surface area contributed by atoms with Gasteiger partial charge in [-0.15, -0.1) is 0 Å². The normalized spacial score (nSPS) is 10.7. The quantitative estimate of drug-likeness (QED) is 0.286. The first-order valence-electron chi connectivity index (χ1n) is 8.69. The van der Waals surface area contributed by atoms with Gasteiger partial charge in [0.1, 0.15) is 23.9 Å². The summed E-state index contributed by atoms with van der Waals surface area (Å²) >= 11 is 2.14. The average molecular weight is 504 g/mol. The van der Waals surface area contributed by atoms with Gasteiger partial charge in [0.15, 0.2) is 0 Å². The molecule has 1 N–H and O–H groups in total. The van der Waals surface area contributed by atoms with Crippen LogP contribution < -0.4 is 14.9 Å². The number of rotatable bonds is 7. The lowest BCUT2D eigenvalue weighted by Gasteiger charge is -2.07. The van der Waals surface area contributed by atoms with E-state index in [-0.39, 0.29) is 18.3 Å². The zero-order chi connectivity index (χ0) is 20.6. The van der Waals surface area contributed by atoms with E-state index in [9.17, 15) is 9.18 Å². The number of carbonyl (C=O) groups excluding carboxylic acids is 1. The van der Waals surface area contributed by atoms with Gasteiger partial charge in [-0.05, 0) is 88.3 Å². The molecule has 0 saturated carbocycles. The minimum Gasteiger partial charge on any atom is -0.496 e. The number of hydrogen-bond donors (Lipinski definition) is 1. The Morgan fingerprint density at radius 1 is 1.14 bits per heavy atom. The third-order valence-electron chi connectivity index (χ3n) is 3.97. The van der Waals surface area contributed by atoms with Gasteiger partial charge in [0, 0.05) is 5.56 Å². The summed E-state index contributed by atoms with van der Waals surface area (Å²) in [5, 5.41) is 3.98. The molecule has 3 aromatic rings. The molecule has 0 fully saturated rings. The van der Waals surface area contributed by atoms with Gasteiger partial charge in [-0.1, -0.05) is 12.1 Å². The third kappa shape index (κ3) is 6.02. The van der Waals surface area contributed by atoms with Crippen LogP contribution in [0.1, 0.15) is 21.5 Å². The van der Waals surface area contributed by atoms with Crippen LogP contribution >= 0.6 is 22.6 Å². The molecule has 0 atom stereocenters. The van der Waals surface area contributed by atoms with E-state index in [0.29, 0.717) is 17.1 Å². The number of hydrogen-bond acceptors (Lipinski definition) is 4. The minimum atomic E-state index is -0.328. The highest BCUT2D eigenvalue weighted by Gasteiger charge is 2.08. The second kappa shape index (κ2) is 10.0. The van der Waals surface area contributed by atoms with Gasteiger partial charge in [-0.3, -0.25) is 4.79 Å². The highest BCUT2D eigenvalue weighted by molar-refractivity contribution is 14.1. The molecule has 0 aliphatic carbocycles. The summed E-state index contributed by atoms with van der Waals surface area (Å²) in [5.41, 5.74) is 4.50. The first-order chi connectivity index (χ1) is 14.0. The molecular weight excluding hydrogens is 486 g/mol. The monoisotopic (exact) mass is 504 g/mol. The van der Waals surface area contributed by atoms with Crippen molar-refractivity contribution in [3.63, 3.8) is 0 Å². The van der Waals surface area contributed by atoms with E-state index in [2.05, 4.69) is 33.1 Å². The molecule has 0 aromatic heterocycles. The van der Waals surface area contributed by atoms with Crippen molar-refractivity contribution < 1.29 is 18.7 Å². The molecular formula is C22H18FIN2O3. The molecule has 0 unspecified atom stereocenters. The first kappa shape index (κ1) is 20.8. The van der Waals surface area contributed by atoms with Crippen molar-refractivity contribution in [1.82, 2.24) is 5.43 Å². The van der Waals surface area contributed by atoms with Crippen molar-refractivity contribution in [1.29, 1.82) is 0 Å². The van der Waals surface area contributed by atoms with Crippen molar-refractivity contribution in [3.05, 3.63) is 92.8 Å². The number of benzene rings is 3. The van der Waals surface area contributed by atoms with Crippen molar-refractivity contribution in [2.75, 3.05) is 7.11 Å². The second-order valence-electron chi connectivity index (χ2n) is 6.04. The lowest BCUT2D eigenvalue weighted by atomic mass is 10.2. The smallest absolute Gasteiger partial charge is 0.271 e. The van der Waals surface area contributed by atoms with Crippen LogP contribution in [-0.2, 0) is 6.61 Å². The summed E-state index contributed by atoms with van der Waals surface area (Å²) in [5.74, 6) is 0.673. The van der Waals surface area contributed by atoms with Gasteiger partial charge in [0.05, 0.1) is 16.9 Å². The van der Waals surface area contributed by atoms with E-state index < -0.39 is 0 Å². The number of methoxy groups -OCH3 is 1. The number of hydrazone groups is 1. The Hall–Kier alpha value is -2.94. The maximum absolute atomic E-state index is 13.2. The van der Waals surface area contributed by atoms with Crippen LogP contribution in [0.5, 0.6) is 11.5 Å². The Bertz CT molecular complexity index is 1020. The van der Waals surface area contributed by atoms with Crippen LogP contribution in [0.4, 0.5) is 4.39 Å². The van der Waals surface area contributed by atoms with E-state index >= 15 is 0 Å². The molecule has 1 amide bonds. The van der Waals surface area contributed by atoms with Crippen LogP contribution in [-0.4, -0.2) is 19.2 Å². The predicted molar refractivity (Wildman–Crippen MR) is 118 cm³/mol. The average Bonchev–Trinajstić information content (AvgIpc) is 2.73. The van der Waals surface area contributed by atoms with Gasteiger partial charge in [-0.2, -0.15) is 5.10 Å². The molecule has 0 heterocycles. The molecule has 0 radical (unpaired) electrons. The fraction of sp³-hybridized carbons (Fsp3) is 0.0909. The van der Waals surface area contributed by atoms with E-state index in [1.165, 1.54) is 18.3 Å². The Morgan fingerprint density at radius 3 is 2.66 bits per heavy atom. The maximum Gasteiger partial charge on any atom is 0.271 e. The van der Waals surface area contributed by atoms with Gasteiger partial charge in [0.25, 0.3) is 5.91 Å². The summed E-state index contributed by atoms with van der Waals surface area (Å²) in [6.45, 7) is 0.279. The molecule has 148 valence electrons. The number of halogens is 2. The van der Waals surface area contributed by atoms with Crippen molar-refractivity contribution in [3.8, 4) is 11.5 Å². The van der Waals surface area contributed by atoms with Crippen LogP contribution in [0.3, 0.4) is 0 Å². The zero-order valence-electron chi connectivity index (χ0n) is 15.6. The molecule has 0 aliphatic rings. The lowest BCUT2D eigenvalue weighted by Crippen LogP contribution is -2.17. The largest absolute Gasteiger partial charge is 0.496 e. The summed E-state index contributed by atoms with van der Waals surface area (Å²) in [6, 6.07) is 18.6. The van der Waals surface area contributed by atoms with E-state index in [0.717, 1.165) is 14.7 Å². The molecule has 29 heavy (non-hydrogen) atoms. The molecule has 0 saturated heterocycles. The highest BCUT2D eigenvalue weighted by atomic mass is 127. The Kier molecular flexibility index (Phi) is 7.18. The fourth-order valence-corrected chi connectivity index (χ4v) is 3.03. The number of ether oxygens (including phenoxy) is 2. The van der Waals surface area contributed by atoms with Gasteiger partial charge in [-0.25, -0.2) is 9.82 Å². The van der Waals surface area contributed by atoms with Crippen LogP contribution in [0, 0.1) is 9.39 Å². The molecule has 3 rings (SSSR count). The summed E-state index contributed by atoms with van der Waals surface area (Å²) < 4.78 is 25.0. The lowest BCUT2D eigenvalue weighted by molar-refractivity contribution is 0.0954. The van der Waals surface area contributed by atoms with E-state index in [1.807, 2.05) is 12.1 Å². The molecule has 0 spiro atoms. The maximum atomic E-state index is 13.2. The topological polar surface area (TPSA) is 59.9 Å². The minimum absolute atomic E-state index is 0.279. The van der Waals surface area contributed by atoms with Crippen LogP contribution in [0.25, 0.3) is 0 Å². The second-order valence-corrected chi connectivity index (χ2v) is 7.20. The number of carbonyl (C=O) groups is 1. The van der Waals surface area contributed by atoms with Gasteiger partial charge >= 0.3 is 0 Å². The standard InChI is InChI=1S/C22H18FIN2O3/c1-28-21-12-17(7-10-20(21)24)22(27)26-25-13-15-5-8-19(9-6-15)29-14-16-3-2-4-18(23)11-16/h2-13H,14H2,1H3,(H,26,27)/b25-13-. The van der Waals surface area contributed by atoms with Gasteiger partial charge < -0.3 is 9.47 Å². The van der Waals surface area contributed by atoms with Crippen molar-refractivity contribution in [2.24, 2.45) is 5.10 Å². The van der Waals surface area contributed by atoms with E-state index in [1.54, 1.807) is 49.6 Å². The number of nitrogens with zero attached hydrogens (tertiary/aromatic N) is 1. The first-order valence-corrected chi connectivity index (χ1v) is 9.77.